The van der Waals surface area contributed by atoms with Gasteiger partial charge in [0.05, 0.1) is 25.4 Å². The zero-order chi connectivity index (χ0) is 48.0. The summed E-state index contributed by atoms with van der Waals surface area (Å²) in [5.41, 5.74) is -1.49. The van der Waals surface area contributed by atoms with Gasteiger partial charge in [0.2, 0.25) is 23.8 Å². The Hall–Kier alpha value is -4.36. The Morgan fingerprint density at radius 3 is 1.89 bits per heavy atom. The van der Waals surface area contributed by atoms with Crippen molar-refractivity contribution in [2.75, 3.05) is 13.2 Å². The number of phenols is 2. The smallest absolute Gasteiger partial charge is 0.303 e. The number of carbonyl (C=O) groups excluding carboxylic acids is 1. The molecule has 4 saturated heterocycles. The minimum atomic E-state index is -2.10. The van der Waals surface area contributed by atoms with Crippen molar-refractivity contribution in [3.05, 3.63) is 46.6 Å². The van der Waals surface area contributed by atoms with Crippen molar-refractivity contribution in [1.29, 1.82) is 0 Å². The lowest BCUT2D eigenvalue weighted by Crippen LogP contribution is -2.65. The third-order valence-corrected chi connectivity index (χ3v) is 11.6. The normalized spacial score (nSPS) is 39.6. The van der Waals surface area contributed by atoms with Crippen LogP contribution in [0.5, 0.6) is 23.0 Å². The summed E-state index contributed by atoms with van der Waals surface area (Å²) in [5, 5.41) is 137. The van der Waals surface area contributed by atoms with Crippen molar-refractivity contribution >= 4 is 16.9 Å². The van der Waals surface area contributed by atoms with Crippen LogP contribution in [0.4, 0.5) is 0 Å². The van der Waals surface area contributed by atoms with E-state index in [2.05, 4.69) is 0 Å². The molecule has 5 heterocycles. The standard InChI is InChI=1S/C41H52O25/c1-12-23(46)27(50)31(54)38(58-12)57-11-21-25(48)29(52)37(66-39-33(56)30(53)34(13(2)59-39)60-14(3)43)41(64-21)65-36-26(49)22-18(45)8-17(61-40-32(55)28(51)24(47)20(10-42)63-40)9-19(22)62-35(36)15-4-6-16(44)7-5-15/h4-9,12-13,20-21,23-25,27-34,37-42,44-48,50-56H,10-11H2,1-3H3. The highest BCUT2D eigenvalue weighted by atomic mass is 16.8. The summed E-state index contributed by atoms with van der Waals surface area (Å²) in [6, 6.07) is 7.00. The molecule has 0 aliphatic carbocycles. The molecule has 66 heavy (non-hydrogen) atoms. The molecule has 4 fully saturated rings. The molecule has 0 spiro atoms. The van der Waals surface area contributed by atoms with E-state index in [1.54, 1.807) is 0 Å². The third kappa shape index (κ3) is 9.80. The Bertz CT molecular complexity index is 2200. The Labute approximate surface area is 372 Å². The van der Waals surface area contributed by atoms with E-state index in [0.29, 0.717) is 0 Å². The third-order valence-electron chi connectivity index (χ3n) is 11.6. The van der Waals surface area contributed by atoms with E-state index >= 15 is 0 Å². The summed E-state index contributed by atoms with van der Waals surface area (Å²) < 4.78 is 57.2. The fourth-order valence-corrected chi connectivity index (χ4v) is 7.90. The predicted octanol–water partition coefficient (Wildman–Crippen LogP) is -4.50. The first-order valence-electron chi connectivity index (χ1n) is 20.6. The van der Waals surface area contributed by atoms with Crippen LogP contribution in [0.15, 0.2) is 45.6 Å². The van der Waals surface area contributed by atoms with Gasteiger partial charge in [0.15, 0.2) is 30.5 Å². The zero-order valence-electron chi connectivity index (χ0n) is 35.1. The molecule has 20 unspecified atom stereocenters. The van der Waals surface area contributed by atoms with Gasteiger partial charge in [0, 0.05) is 24.6 Å². The maximum Gasteiger partial charge on any atom is 0.303 e. The number of fused-ring (bicyclic) bond motifs is 1. The van der Waals surface area contributed by atoms with Gasteiger partial charge in [-0.15, -0.1) is 0 Å². The summed E-state index contributed by atoms with van der Waals surface area (Å²) in [7, 11) is 0. The Kier molecular flexibility index (Phi) is 15.1. The Balaban J connectivity index is 1.26. The van der Waals surface area contributed by atoms with Crippen LogP contribution in [-0.4, -0.2) is 208 Å². The van der Waals surface area contributed by atoms with Gasteiger partial charge < -0.3 is 113 Å². The van der Waals surface area contributed by atoms with E-state index in [0.717, 1.165) is 19.1 Å². The number of aliphatic hydroxyl groups is 11. The maximum atomic E-state index is 14.6. The van der Waals surface area contributed by atoms with E-state index in [-0.39, 0.29) is 17.1 Å². The average Bonchev–Trinajstić information content (AvgIpc) is 3.27. The molecule has 0 bridgehead atoms. The molecule has 4 aliphatic heterocycles. The van der Waals surface area contributed by atoms with E-state index in [1.807, 2.05) is 0 Å². The molecule has 25 heteroatoms. The van der Waals surface area contributed by atoms with Crippen molar-refractivity contribution in [3.8, 4) is 34.3 Å². The highest BCUT2D eigenvalue weighted by molar-refractivity contribution is 5.88. The molecule has 7 rings (SSSR count). The molecule has 20 atom stereocenters. The van der Waals surface area contributed by atoms with E-state index in [1.165, 1.54) is 38.1 Å². The molecular formula is C41H52O25. The minimum absolute atomic E-state index is 0.0353. The highest BCUT2D eigenvalue weighted by Crippen LogP contribution is 2.40. The second kappa shape index (κ2) is 20.1. The van der Waals surface area contributed by atoms with Gasteiger partial charge in [0.1, 0.15) is 101 Å². The fraction of sp³-hybridized carbons (Fsp3) is 0.610. The van der Waals surface area contributed by atoms with Gasteiger partial charge in [-0.1, -0.05) is 0 Å². The van der Waals surface area contributed by atoms with Gasteiger partial charge >= 0.3 is 5.97 Å². The van der Waals surface area contributed by atoms with Gasteiger partial charge in [-0.3, -0.25) is 9.59 Å². The van der Waals surface area contributed by atoms with Crippen molar-refractivity contribution in [1.82, 2.24) is 0 Å². The maximum absolute atomic E-state index is 14.6. The summed E-state index contributed by atoms with van der Waals surface area (Å²) in [6.07, 6.45) is -34.1. The van der Waals surface area contributed by atoms with Gasteiger partial charge in [0.25, 0.3) is 0 Å². The number of ether oxygens (including phenoxy) is 9. The minimum Gasteiger partial charge on any atom is -0.508 e. The SMILES string of the molecule is CC(=O)OC1C(C)OC(OC2C(Oc3c(-c4ccc(O)cc4)oc4cc(OC5OC(CO)C(O)C(O)C5O)cc(O)c4c3=O)OC(COC3OC(C)C(O)C(O)C3O)C(O)C2O)C(O)C1O. The van der Waals surface area contributed by atoms with Crippen molar-refractivity contribution in [2.45, 2.75) is 144 Å². The first kappa shape index (κ1) is 49.5. The number of carbonyl (C=O) groups is 1. The van der Waals surface area contributed by atoms with Crippen LogP contribution in [0, 0.1) is 0 Å². The van der Waals surface area contributed by atoms with Crippen molar-refractivity contribution < 1.29 is 118 Å². The van der Waals surface area contributed by atoms with Gasteiger partial charge in [-0.25, -0.2) is 0 Å². The lowest BCUT2D eigenvalue weighted by molar-refractivity contribution is -0.360. The quantitative estimate of drug-likeness (QED) is 0.0761. The summed E-state index contributed by atoms with van der Waals surface area (Å²) in [4.78, 5) is 26.3. The lowest BCUT2D eigenvalue weighted by Gasteiger charge is -2.46. The van der Waals surface area contributed by atoms with Crippen LogP contribution >= 0.6 is 0 Å². The molecule has 366 valence electrons. The fourth-order valence-electron chi connectivity index (χ4n) is 7.90. The molecular weight excluding hydrogens is 892 g/mol. The number of aliphatic hydroxyl groups excluding tert-OH is 11. The molecule has 13 N–H and O–H groups in total. The molecule has 0 saturated carbocycles. The van der Waals surface area contributed by atoms with Crippen LogP contribution in [-0.2, 0) is 38.0 Å². The molecule has 3 aromatic rings. The summed E-state index contributed by atoms with van der Waals surface area (Å²) in [6.45, 7) is 2.31. The molecule has 2 aromatic carbocycles. The molecule has 25 nitrogen and oxygen atoms in total. The van der Waals surface area contributed by atoms with Gasteiger partial charge in [-0.05, 0) is 38.1 Å². The van der Waals surface area contributed by atoms with Crippen LogP contribution in [0.1, 0.15) is 20.8 Å². The number of benzene rings is 2. The molecule has 1 aromatic heterocycles. The number of aromatic hydroxyl groups is 2. The number of hydrogen-bond acceptors (Lipinski definition) is 25. The van der Waals surface area contributed by atoms with E-state index in [9.17, 15) is 76.0 Å². The summed E-state index contributed by atoms with van der Waals surface area (Å²) in [5.74, 6) is -3.37. The van der Waals surface area contributed by atoms with Crippen LogP contribution in [0.3, 0.4) is 0 Å². The monoisotopic (exact) mass is 944 g/mol. The number of esters is 1. The molecule has 0 amide bonds. The lowest BCUT2D eigenvalue weighted by atomic mass is 9.97. The number of rotatable bonds is 12. The van der Waals surface area contributed by atoms with Crippen molar-refractivity contribution in [3.63, 3.8) is 0 Å². The largest absolute Gasteiger partial charge is 0.508 e. The molecule has 0 radical (unpaired) electrons. The zero-order valence-corrected chi connectivity index (χ0v) is 35.1. The summed E-state index contributed by atoms with van der Waals surface area (Å²) >= 11 is 0. The topological polar surface area (TPSA) is 393 Å². The second-order valence-corrected chi connectivity index (χ2v) is 16.3. The first-order chi connectivity index (χ1) is 31.2. The first-order valence-corrected chi connectivity index (χ1v) is 20.6. The van der Waals surface area contributed by atoms with E-state index in [4.69, 9.17) is 47.0 Å². The average molecular weight is 945 g/mol. The van der Waals surface area contributed by atoms with Crippen LogP contribution in [0.25, 0.3) is 22.3 Å². The predicted molar refractivity (Wildman–Crippen MR) is 212 cm³/mol. The van der Waals surface area contributed by atoms with Gasteiger partial charge in [-0.2, -0.15) is 0 Å². The number of phenolic OH excluding ortho intramolecular Hbond substituents is 2. The Morgan fingerprint density at radius 2 is 1.23 bits per heavy atom. The van der Waals surface area contributed by atoms with Crippen LogP contribution < -0.4 is 14.9 Å². The molecule has 4 aliphatic rings. The van der Waals surface area contributed by atoms with Crippen molar-refractivity contribution in [2.24, 2.45) is 0 Å². The van der Waals surface area contributed by atoms with E-state index < -0.39 is 176 Å². The highest BCUT2D eigenvalue weighted by Gasteiger charge is 2.53. The number of hydrogen-bond donors (Lipinski definition) is 13. The second-order valence-electron chi connectivity index (χ2n) is 16.3. The Morgan fingerprint density at radius 1 is 0.636 bits per heavy atom. The van der Waals surface area contributed by atoms with Crippen LogP contribution in [0.2, 0.25) is 0 Å².